The minimum absolute atomic E-state index is 0.122. The lowest BCUT2D eigenvalue weighted by atomic mass is 9.87. The van der Waals surface area contributed by atoms with Gasteiger partial charge in [-0.2, -0.15) is 0 Å². The van der Waals surface area contributed by atoms with Crippen molar-refractivity contribution >= 4 is 97.8 Å². The van der Waals surface area contributed by atoms with Gasteiger partial charge in [-0.25, -0.2) is 0 Å². The van der Waals surface area contributed by atoms with Crippen molar-refractivity contribution in [2.45, 2.75) is 52.4 Å². The summed E-state index contributed by atoms with van der Waals surface area (Å²) in [6, 6.07) is 81.6. The summed E-state index contributed by atoms with van der Waals surface area (Å²) in [5, 5.41) is 8.42. The second-order valence-electron chi connectivity index (χ2n) is 19.3. The van der Waals surface area contributed by atoms with E-state index in [2.05, 4.69) is 324 Å². The fourth-order valence-electron chi connectivity index (χ4n) is 8.12. The topological polar surface area (TPSA) is 15.3 Å². The Morgan fingerprint density at radius 2 is 0.609 bits per heavy atom. The summed E-state index contributed by atoms with van der Waals surface area (Å²) in [7, 11) is 0. The van der Waals surface area contributed by atoms with Crippen LogP contribution < -0.4 is 10.2 Å². The van der Waals surface area contributed by atoms with E-state index in [1.54, 1.807) is 0 Å². The Morgan fingerprint density at radius 1 is 0.304 bits per heavy atom. The molecule has 0 radical (unpaired) electrons. The van der Waals surface area contributed by atoms with Gasteiger partial charge >= 0.3 is 0 Å². The van der Waals surface area contributed by atoms with E-state index in [0.29, 0.717) is 0 Å². The maximum absolute atomic E-state index is 3.59. The minimum Gasteiger partial charge on any atom is -0.356 e. The smallest absolute Gasteiger partial charge is 0.0468 e. The van der Waals surface area contributed by atoms with Crippen molar-refractivity contribution in [3.05, 3.63) is 255 Å². The molecule has 0 fully saturated rings. The van der Waals surface area contributed by atoms with Crippen LogP contribution in [0.15, 0.2) is 244 Å². The van der Waals surface area contributed by atoms with Crippen LogP contribution in [-0.4, -0.2) is 0 Å². The number of nitrogens with one attached hydrogen (secondary N) is 1. The first-order chi connectivity index (χ1) is 33.2. The highest BCUT2D eigenvalue weighted by molar-refractivity contribution is 9.11. The molecule has 0 atom stereocenters. The highest BCUT2D eigenvalue weighted by Gasteiger charge is 2.17. The average Bonchev–Trinajstić information content (AvgIpc) is 3.35. The summed E-state index contributed by atoms with van der Waals surface area (Å²) < 4.78 is 3.34. The van der Waals surface area contributed by atoms with Gasteiger partial charge in [-0.05, 0) is 163 Å². The van der Waals surface area contributed by atoms with Gasteiger partial charge in [-0.15, -0.1) is 0 Å². The van der Waals surface area contributed by atoms with Gasteiger partial charge in [0.15, 0.2) is 0 Å². The van der Waals surface area contributed by atoms with Crippen molar-refractivity contribution in [2.24, 2.45) is 0 Å². The van der Waals surface area contributed by atoms with Gasteiger partial charge in [0.25, 0.3) is 0 Å². The number of benzene rings is 10. The number of anilines is 5. The monoisotopic (exact) mass is 1090 g/mol. The van der Waals surface area contributed by atoms with Gasteiger partial charge in [0.05, 0.1) is 0 Å². The third-order valence-electron chi connectivity index (χ3n) is 12.1. The molecule has 69 heavy (non-hydrogen) atoms. The second kappa shape index (κ2) is 22.0. The lowest BCUT2D eigenvalue weighted by Gasteiger charge is -2.27. The van der Waals surface area contributed by atoms with Crippen molar-refractivity contribution in [1.82, 2.24) is 0 Å². The molecule has 344 valence electrons. The van der Waals surface area contributed by atoms with Gasteiger partial charge in [-0.1, -0.05) is 223 Å². The molecule has 0 amide bonds. The van der Waals surface area contributed by atoms with Gasteiger partial charge in [0.2, 0.25) is 0 Å². The van der Waals surface area contributed by atoms with Crippen LogP contribution in [-0.2, 0) is 10.8 Å². The molecular formula is C64H57Br3N2. The average molecular weight is 1090 g/mol. The minimum atomic E-state index is 0.122. The SMILES string of the molecule is Brc1ccc2cc(Br)ccc2c1.CC(C)(C)c1ccc(N(c2ccc(-c3ccccc3)cc2)c2ccc3cc(Br)ccc3c2)cc1.CC(C)(C)c1ccc(Nc2ccc(-c3ccccc3)cc2)cc1. The fourth-order valence-corrected chi connectivity index (χ4v) is 9.26. The first-order valence-corrected chi connectivity index (χ1v) is 25.7. The number of hydrogen-bond donors (Lipinski definition) is 1. The van der Waals surface area contributed by atoms with E-state index in [0.717, 1.165) is 41.9 Å². The summed E-state index contributed by atoms with van der Waals surface area (Å²) in [6.45, 7) is 13.5. The molecule has 0 saturated carbocycles. The molecule has 0 aromatic heterocycles. The van der Waals surface area contributed by atoms with Crippen LogP contribution in [0.4, 0.5) is 28.4 Å². The quantitative estimate of drug-likeness (QED) is 0.171. The molecule has 5 heteroatoms. The van der Waals surface area contributed by atoms with E-state index >= 15 is 0 Å². The third kappa shape index (κ3) is 13.1. The lowest BCUT2D eigenvalue weighted by Crippen LogP contribution is -2.13. The number of hydrogen-bond acceptors (Lipinski definition) is 2. The Morgan fingerprint density at radius 3 is 1.01 bits per heavy atom. The Bertz CT molecular complexity index is 3200. The Labute approximate surface area is 434 Å². The molecule has 10 aromatic carbocycles. The first-order valence-electron chi connectivity index (χ1n) is 23.3. The summed E-state index contributed by atoms with van der Waals surface area (Å²) in [4.78, 5) is 2.34. The highest BCUT2D eigenvalue weighted by atomic mass is 79.9. The first kappa shape index (κ1) is 49.2. The van der Waals surface area contributed by atoms with Crippen molar-refractivity contribution in [3.8, 4) is 22.3 Å². The van der Waals surface area contributed by atoms with Crippen LogP contribution in [0.5, 0.6) is 0 Å². The van der Waals surface area contributed by atoms with Crippen molar-refractivity contribution in [3.63, 3.8) is 0 Å². The molecule has 0 saturated heterocycles. The molecule has 0 spiro atoms. The molecule has 10 rings (SSSR count). The number of rotatable bonds is 7. The van der Waals surface area contributed by atoms with Gasteiger partial charge in [0.1, 0.15) is 0 Å². The predicted molar refractivity (Wildman–Crippen MR) is 310 cm³/mol. The number of halogens is 3. The highest BCUT2D eigenvalue weighted by Crippen LogP contribution is 2.38. The van der Waals surface area contributed by atoms with Crippen LogP contribution in [0.1, 0.15) is 52.7 Å². The number of nitrogens with zero attached hydrogens (tertiary/aromatic N) is 1. The zero-order valence-electron chi connectivity index (χ0n) is 40.0. The zero-order chi connectivity index (χ0) is 48.5. The van der Waals surface area contributed by atoms with Crippen molar-refractivity contribution < 1.29 is 0 Å². The lowest BCUT2D eigenvalue weighted by molar-refractivity contribution is 0.590. The van der Waals surface area contributed by atoms with E-state index in [4.69, 9.17) is 0 Å². The molecule has 0 aliphatic heterocycles. The van der Waals surface area contributed by atoms with E-state index in [-0.39, 0.29) is 10.8 Å². The van der Waals surface area contributed by atoms with E-state index in [1.165, 1.54) is 54.9 Å². The van der Waals surface area contributed by atoms with Gasteiger partial charge in [-0.3, -0.25) is 0 Å². The van der Waals surface area contributed by atoms with Crippen LogP contribution in [0.25, 0.3) is 43.8 Å². The normalized spacial score (nSPS) is 11.3. The van der Waals surface area contributed by atoms with Crippen LogP contribution in [0.3, 0.4) is 0 Å². The summed E-state index contributed by atoms with van der Waals surface area (Å²) in [5.74, 6) is 0. The molecule has 0 bridgehead atoms. The van der Waals surface area contributed by atoms with Gasteiger partial charge in [0, 0.05) is 41.9 Å². The molecule has 1 N–H and O–H groups in total. The standard InChI is InChI=1S/C32H28BrN.C22H23N.C10H6Br2/c1-32(2,3)27-13-19-30(20-14-27)34(31-18-12-25-21-28(33)15-9-26(25)22-31)29-16-10-24(11-17-29)23-7-5-4-6-8-23;1-22(2,3)19-11-15-21(16-12-19)23-20-13-9-18(10-14-20)17-7-5-4-6-8-17;11-9-3-1-7-5-10(12)4-2-8(7)6-9/h4-22H,1-3H3;4-16,23H,1-3H3;1-6H. The molecular weight excluding hydrogens is 1040 g/mol. The predicted octanol–water partition coefficient (Wildman–Crippen LogP) is 20.8. The van der Waals surface area contributed by atoms with E-state index in [1.807, 2.05) is 6.07 Å². The molecule has 0 aliphatic rings. The third-order valence-corrected chi connectivity index (χ3v) is 13.5. The molecule has 10 aromatic rings. The Balaban J connectivity index is 0.000000157. The summed E-state index contributed by atoms with van der Waals surface area (Å²) in [6.07, 6.45) is 0. The maximum Gasteiger partial charge on any atom is 0.0468 e. The second-order valence-corrected chi connectivity index (χ2v) is 22.0. The van der Waals surface area contributed by atoms with Crippen molar-refractivity contribution in [2.75, 3.05) is 10.2 Å². The van der Waals surface area contributed by atoms with Crippen LogP contribution >= 0.6 is 47.8 Å². The molecule has 2 nitrogen and oxygen atoms in total. The van der Waals surface area contributed by atoms with Crippen LogP contribution in [0, 0.1) is 0 Å². The fraction of sp³-hybridized carbons (Fsp3) is 0.125. The molecule has 0 heterocycles. The molecule has 0 unspecified atom stereocenters. The van der Waals surface area contributed by atoms with Gasteiger partial charge < -0.3 is 10.2 Å². The Hall–Kier alpha value is -6.24. The largest absolute Gasteiger partial charge is 0.356 e. The van der Waals surface area contributed by atoms with E-state index < -0.39 is 0 Å². The molecule has 0 aliphatic carbocycles. The van der Waals surface area contributed by atoms with Crippen LogP contribution in [0.2, 0.25) is 0 Å². The summed E-state index contributed by atoms with van der Waals surface area (Å²) >= 11 is 10.5. The Kier molecular flexibility index (Phi) is 15.7. The van der Waals surface area contributed by atoms with E-state index in [9.17, 15) is 0 Å². The summed E-state index contributed by atoms with van der Waals surface area (Å²) in [5.41, 5.74) is 13.6. The number of fused-ring (bicyclic) bond motifs is 2. The maximum atomic E-state index is 3.59. The zero-order valence-corrected chi connectivity index (χ0v) is 44.8. The van der Waals surface area contributed by atoms with Crippen molar-refractivity contribution in [1.29, 1.82) is 0 Å².